The lowest BCUT2D eigenvalue weighted by atomic mass is 9.92. The molecule has 3 amide bonds. The molecule has 1 saturated heterocycles. The summed E-state index contributed by atoms with van der Waals surface area (Å²) in [4.78, 5) is 49.6. The number of carbonyl (C=O) groups excluding carboxylic acids is 3. The number of benzene rings is 3. The molecular weight excluding hydrogens is 893 g/mol. The number of aromatic nitrogens is 1. The number of carbonyl (C=O) groups is 3. The fourth-order valence-electron chi connectivity index (χ4n) is 7.92. The van der Waals surface area contributed by atoms with Gasteiger partial charge >= 0.3 is 0 Å². The standard InChI is InChI=1S/C44H64N6O10.C10H12/c1-48(18-19-55-22-23-57-26-27-59-30-31-60-29-28-58-25-24-56-21-20-54-3)16-17-49(2)44(53)37-9-7-8-36(32-37)43(52)47-40-11-10-38(50-14-5-4-6-15-50)34-39(40)41-33-35(42(45)51)12-13-46-41;1-2-6-10-8-4-3-7-9(10)5-1/h7-13,32-34H,4-6,14-31H2,1-3H3,(H2,45,51)(H,47,52);1-2,5-6H,3-4,7-8H2. The van der Waals surface area contributed by atoms with Crippen molar-refractivity contribution >= 4 is 29.1 Å². The number of aryl methyl sites for hydroxylation is 2. The highest BCUT2D eigenvalue weighted by atomic mass is 16.6. The Morgan fingerprint density at radius 2 is 1.17 bits per heavy atom. The van der Waals surface area contributed by atoms with Crippen LogP contribution in [0.25, 0.3) is 11.3 Å². The monoisotopic (exact) mass is 969 g/mol. The van der Waals surface area contributed by atoms with Crippen molar-refractivity contribution in [2.24, 2.45) is 5.73 Å². The van der Waals surface area contributed by atoms with Crippen molar-refractivity contribution < 1.29 is 47.5 Å². The molecule has 3 aromatic carbocycles. The van der Waals surface area contributed by atoms with E-state index in [1.807, 2.05) is 25.2 Å². The molecular formula is C54H76N6O10. The molecule has 1 aliphatic carbocycles. The van der Waals surface area contributed by atoms with Gasteiger partial charge in [-0.15, -0.1) is 0 Å². The summed E-state index contributed by atoms with van der Waals surface area (Å²) in [5.74, 6) is -1.13. The van der Waals surface area contributed by atoms with E-state index >= 15 is 0 Å². The van der Waals surface area contributed by atoms with Crippen molar-refractivity contribution in [3.8, 4) is 11.3 Å². The maximum atomic E-state index is 13.6. The number of anilines is 2. The molecule has 70 heavy (non-hydrogen) atoms. The van der Waals surface area contributed by atoms with Gasteiger partial charge < -0.3 is 58.9 Å². The van der Waals surface area contributed by atoms with Gasteiger partial charge in [0.2, 0.25) is 5.91 Å². The molecule has 4 aromatic rings. The third-order valence-corrected chi connectivity index (χ3v) is 12.0. The summed E-state index contributed by atoms with van der Waals surface area (Å²) < 4.78 is 37.9. The third-order valence-electron chi connectivity index (χ3n) is 12.0. The van der Waals surface area contributed by atoms with Crippen LogP contribution in [-0.2, 0) is 46.0 Å². The number of pyridine rings is 1. The summed E-state index contributed by atoms with van der Waals surface area (Å²) in [6.45, 7) is 10.3. The molecule has 16 nitrogen and oxygen atoms in total. The van der Waals surface area contributed by atoms with Crippen LogP contribution in [0.2, 0.25) is 0 Å². The van der Waals surface area contributed by atoms with Crippen LogP contribution in [0.3, 0.4) is 0 Å². The molecule has 1 aromatic heterocycles. The van der Waals surface area contributed by atoms with Gasteiger partial charge in [0.25, 0.3) is 11.8 Å². The van der Waals surface area contributed by atoms with Gasteiger partial charge in [-0.05, 0) is 112 Å². The number of nitrogens with two attached hydrogens (primary N) is 1. The maximum absolute atomic E-state index is 13.6. The van der Waals surface area contributed by atoms with Gasteiger partial charge in [-0.1, -0.05) is 30.3 Å². The van der Waals surface area contributed by atoms with E-state index in [9.17, 15) is 14.4 Å². The van der Waals surface area contributed by atoms with E-state index in [2.05, 4.69) is 44.4 Å². The summed E-state index contributed by atoms with van der Waals surface area (Å²) in [5, 5.41) is 3.02. The molecule has 6 rings (SSSR count). The van der Waals surface area contributed by atoms with Gasteiger partial charge in [0.15, 0.2) is 0 Å². The van der Waals surface area contributed by atoms with Crippen LogP contribution in [0.15, 0.2) is 85.1 Å². The van der Waals surface area contributed by atoms with Gasteiger partial charge in [-0.3, -0.25) is 19.4 Å². The predicted octanol–water partition coefficient (Wildman–Crippen LogP) is 6.41. The van der Waals surface area contributed by atoms with Crippen molar-refractivity contribution in [1.29, 1.82) is 0 Å². The summed E-state index contributed by atoms with van der Waals surface area (Å²) in [6, 6.07) is 24.5. The highest BCUT2D eigenvalue weighted by Gasteiger charge is 2.19. The van der Waals surface area contributed by atoms with E-state index in [1.54, 1.807) is 66.6 Å². The molecule has 0 saturated carbocycles. The van der Waals surface area contributed by atoms with Crippen LogP contribution in [0.5, 0.6) is 0 Å². The zero-order valence-electron chi connectivity index (χ0n) is 41.7. The molecule has 0 unspecified atom stereocenters. The number of primary amides is 1. The molecule has 3 N–H and O–H groups in total. The molecule has 2 aliphatic rings. The zero-order chi connectivity index (χ0) is 49.6. The number of nitrogens with one attached hydrogen (secondary N) is 1. The highest BCUT2D eigenvalue weighted by Crippen LogP contribution is 2.33. The minimum Gasteiger partial charge on any atom is -0.382 e. The summed E-state index contributed by atoms with van der Waals surface area (Å²) in [5.41, 5.74) is 12.5. The number of likely N-dealkylation sites (N-methyl/N-ethyl adjacent to an activating group) is 2. The second kappa shape index (κ2) is 32.6. The number of ether oxygens (including phenoxy) is 7. The Kier molecular flexibility index (Phi) is 25.9. The van der Waals surface area contributed by atoms with Crippen LogP contribution in [0.1, 0.15) is 74.3 Å². The SMILES string of the molecule is COCCOCCOCCOCCOCCOCCOCCN(C)CCN(C)C(=O)c1cccc(C(=O)Nc2ccc(N3CCCCC3)cc2-c2cc(C(N)=O)ccn2)c1.c1ccc2c(c1)CCCC2. The third kappa shape index (κ3) is 20.2. The minimum atomic E-state index is -0.562. The number of methoxy groups -OCH3 is 1. The Balaban J connectivity index is 0.000000800. The molecule has 16 heteroatoms. The fourth-order valence-corrected chi connectivity index (χ4v) is 7.92. The topological polar surface area (TPSA) is 176 Å². The van der Waals surface area contributed by atoms with Crippen LogP contribution in [-0.4, -0.2) is 172 Å². The predicted molar refractivity (Wildman–Crippen MR) is 273 cm³/mol. The number of nitrogens with zero attached hydrogens (tertiary/aromatic N) is 4. The van der Waals surface area contributed by atoms with Crippen LogP contribution < -0.4 is 16.0 Å². The smallest absolute Gasteiger partial charge is 0.255 e. The first-order valence-electron chi connectivity index (χ1n) is 24.8. The molecule has 1 aliphatic heterocycles. The molecule has 0 bridgehead atoms. The van der Waals surface area contributed by atoms with Crippen LogP contribution >= 0.6 is 0 Å². The Bertz CT molecular complexity index is 2130. The average Bonchev–Trinajstić information content (AvgIpc) is 3.40. The number of hydrogen-bond donors (Lipinski definition) is 2. The van der Waals surface area contributed by atoms with Crippen molar-refractivity contribution in [3.05, 3.63) is 113 Å². The minimum absolute atomic E-state index is 0.192. The summed E-state index contributed by atoms with van der Waals surface area (Å²) in [6.07, 6.45) is 10.3. The van der Waals surface area contributed by atoms with Gasteiger partial charge in [-0.2, -0.15) is 0 Å². The van der Waals surface area contributed by atoms with Gasteiger partial charge in [0.1, 0.15) is 0 Å². The Morgan fingerprint density at radius 1 is 0.600 bits per heavy atom. The number of rotatable bonds is 30. The lowest BCUT2D eigenvalue weighted by Gasteiger charge is -2.29. The second-order valence-corrected chi connectivity index (χ2v) is 17.3. The van der Waals surface area contributed by atoms with Crippen LogP contribution in [0.4, 0.5) is 11.4 Å². The Morgan fingerprint density at radius 3 is 1.76 bits per heavy atom. The molecule has 0 atom stereocenters. The molecule has 382 valence electrons. The summed E-state index contributed by atoms with van der Waals surface area (Å²) in [7, 11) is 5.36. The van der Waals surface area contributed by atoms with E-state index < -0.39 is 5.91 Å². The van der Waals surface area contributed by atoms with Gasteiger partial charge in [-0.25, -0.2) is 0 Å². The molecule has 1 fully saturated rings. The van der Waals surface area contributed by atoms with E-state index in [1.165, 1.54) is 38.3 Å². The van der Waals surface area contributed by atoms with E-state index in [4.69, 9.17) is 38.9 Å². The Labute approximate surface area is 415 Å². The maximum Gasteiger partial charge on any atom is 0.255 e. The first-order chi connectivity index (χ1) is 34.2. The van der Waals surface area contributed by atoms with Crippen molar-refractivity contribution in [2.45, 2.75) is 44.9 Å². The van der Waals surface area contributed by atoms with E-state index in [0.29, 0.717) is 139 Å². The fraction of sp³-hybridized carbons (Fsp3) is 0.519. The van der Waals surface area contributed by atoms with Crippen LogP contribution in [0, 0.1) is 0 Å². The van der Waals surface area contributed by atoms with Gasteiger partial charge in [0.05, 0.1) is 97.3 Å². The normalized spacial score (nSPS) is 13.3. The molecule has 0 spiro atoms. The molecule has 2 heterocycles. The van der Waals surface area contributed by atoms with E-state index in [0.717, 1.165) is 31.6 Å². The summed E-state index contributed by atoms with van der Waals surface area (Å²) >= 11 is 0. The highest BCUT2D eigenvalue weighted by molar-refractivity contribution is 6.08. The number of amides is 3. The zero-order valence-corrected chi connectivity index (χ0v) is 41.7. The lowest BCUT2D eigenvalue weighted by Crippen LogP contribution is -2.36. The molecule has 0 radical (unpaired) electrons. The lowest BCUT2D eigenvalue weighted by molar-refractivity contribution is -0.0195. The average molecular weight is 969 g/mol. The van der Waals surface area contributed by atoms with Crippen molar-refractivity contribution in [2.75, 3.05) is 150 Å². The Hall–Kier alpha value is -5.30. The van der Waals surface area contributed by atoms with Gasteiger partial charge in [0, 0.05) is 81.0 Å². The number of piperidine rings is 1. The van der Waals surface area contributed by atoms with E-state index in [-0.39, 0.29) is 11.8 Å². The first kappa shape index (κ1) is 55.6. The number of hydrogen-bond acceptors (Lipinski definition) is 13. The quantitative estimate of drug-likeness (QED) is 0.0550. The largest absolute Gasteiger partial charge is 0.382 e. The van der Waals surface area contributed by atoms with Crippen molar-refractivity contribution in [3.63, 3.8) is 0 Å². The second-order valence-electron chi connectivity index (χ2n) is 17.3. The van der Waals surface area contributed by atoms with Crippen molar-refractivity contribution in [1.82, 2.24) is 14.8 Å². The first-order valence-corrected chi connectivity index (χ1v) is 24.8. The number of fused-ring (bicyclic) bond motifs is 1.